The van der Waals surface area contributed by atoms with E-state index in [1.54, 1.807) is 0 Å². The summed E-state index contributed by atoms with van der Waals surface area (Å²) in [5.74, 6) is 3.20. The van der Waals surface area contributed by atoms with Gasteiger partial charge in [-0.1, -0.05) is 13.0 Å². The second-order valence-corrected chi connectivity index (χ2v) is 5.76. The van der Waals surface area contributed by atoms with Crippen molar-refractivity contribution in [1.29, 1.82) is 0 Å². The highest BCUT2D eigenvalue weighted by molar-refractivity contribution is 7.98. The van der Waals surface area contributed by atoms with E-state index in [0.717, 1.165) is 23.6 Å². The molecule has 2 unspecified atom stereocenters. The molecule has 1 aliphatic heterocycles. The third-order valence-electron chi connectivity index (χ3n) is 3.06. The zero-order chi connectivity index (χ0) is 13.7. The number of thioether (sulfide) groups is 1. The molecule has 2 rings (SSSR count). The predicted molar refractivity (Wildman–Crippen MR) is 77.9 cm³/mol. The molecule has 1 aromatic rings. The highest BCUT2D eigenvalue weighted by Gasteiger charge is 2.16. The molecule has 1 aromatic carbocycles. The van der Waals surface area contributed by atoms with Crippen molar-refractivity contribution in [3.63, 3.8) is 0 Å². The minimum absolute atomic E-state index is 0.263. The van der Waals surface area contributed by atoms with E-state index in [-0.39, 0.29) is 6.79 Å². The van der Waals surface area contributed by atoms with Crippen LogP contribution in [0.3, 0.4) is 0 Å². The van der Waals surface area contributed by atoms with Crippen LogP contribution in [0.1, 0.15) is 18.6 Å². The molecule has 1 heterocycles. The Balaban J connectivity index is 1.81. The van der Waals surface area contributed by atoms with E-state index in [1.165, 1.54) is 0 Å². The van der Waals surface area contributed by atoms with Gasteiger partial charge in [0.15, 0.2) is 11.5 Å². The molecule has 0 aliphatic carbocycles. The number of ether oxygens (including phenoxy) is 2. The molecule has 0 bridgehead atoms. The molecule has 1 aliphatic rings. The van der Waals surface area contributed by atoms with E-state index in [9.17, 15) is 5.11 Å². The Morgan fingerprint density at radius 3 is 2.89 bits per heavy atom. The largest absolute Gasteiger partial charge is 0.454 e. The minimum Gasteiger partial charge on any atom is -0.454 e. The lowest BCUT2D eigenvalue weighted by Crippen LogP contribution is -2.27. The van der Waals surface area contributed by atoms with Gasteiger partial charge in [-0.15, -0.1) is 0 Å². The lowest BCUT2D eigenvalue weighted by molar-refractivity contribution is 0.169. The number of fused-ring (bicyclic) bond motifs is 1. The van der Waals surface area contributed by atoms with Crippen LogP contribution < -0.4 is 14.8 Å². The third kappa shape index (κ3) is 4.03. The Morgan fingerprint density at radius 1 is 1.32 bits per heavy atom. The molecule has 0 saturated heterocycles. The third-order valence-corrected chi connectivity index (χ3v) is 3.97. The van der Waals surface area contributed by atoms with E-state index in [4.69, 9.17) is 9.47 Å². The van der Waals surface area contributed by atoms with Crippen molar-refractivity contribution in [2.45, 2.75) is 13.0 Å². The minimum atomic E-state index is -0.518. The zero-order valence-corrected chi connectivity index (χ0v) is 12.2. The molecule has 19 heavy (non-hydrogen) atoms. The summed E-state index contributed by atoms with van der Waals surface area (Å²) in [4.78, 5) is 0. The Morgan fingerprint density at radius 2 is 2.11 bits per heavy atom. The summed E-state index contributed by atoms with van der Waals surface area (Å²) in [5, 5.41) is 13.4. The number of rotatable bonds is 7. The summed E-state index contributed by atoms with van der Waals surface area (Å²) in [6.45, 7) is 3.94. The molecule has 106 valence electrons. The summed E-state index contributed by atoms with van der Waals surface area (Å²) >= 11 is 1.85. The van der Waals surface area contributed by atoms with Crippen molar-refractivity contribution >= 4 is 11.8 Å². The molecule has 0 spiro atoms. The maximum atomic E-state index is 10.1. The molecule has 5 heteroatoms. The van der Waals surface area contributed by atoms with Gasteiger partial charge < -0.3 is 19.9 Å². The van der Waals surface area contributed by atoms with Crippen molar-refractivity contribution in [2.75, 3.05) is 31.9 Å². The number of aliphatic hydroxyl groups is 1. The van der Waals surface area contributed by atoms with Crippen LogP contribution in [0.5, 0.6) is 11.5 Å². The number of benzene rings is 1. The van der Waals surface area contributed by atoms with Gasteiger partial charge >= 0.3 is 0 Å². The van der Waals surface area contributed by atoms with Crippen LogP contribution in [0.2, 0.25) is 0 Å². The quantitative estimate of drug-likeness (QED) is 0.802. The van der Waals surface area contributed by atoms with Gasteiger partial charge in [0.2, 0.25) is 6.79 Å². The van der Waals surface area contributed by atoms with Gasteiger partial charge in [0, 0.05) is 6.54 Å². The second kappa shape index (κ2) is 7.03. The van der Waals surface area contributed by atoms with E-state index >= 15 is 0 Å². The van der Waals surface area contributed by atoms with Gasteiger partial charge in [-0.25, -0.2) is 0 Å². The average molecular weight is 283 g/mol. The summed E-state index contributed by atoms with van der Waals surface area (Å²) in [5.41, 5.74) is 0.856. The van der Waals surface area contributed by atoms with Crippen LogP contribution in [-0.2, 0) is 0 Å². The number of hydrogen-bond donors (Lipinski definition) is 2. The SMILES string of the molecule is CSCC(C)CNCC(O)c1ccc2c(c1)OCO2. The summed E-state index contributed by atoms with van der Waals surface area (Å²) in [6, 6.07) is 5.57. The molecule has 0 saturated carbocycles. The lowest BCUT2D eigenvalue weighted by atomic mass is 10.1. The molecule has 2 atom stereocenters. The number of aliphatic hydroxyl groups excluding tert-OH is 1. The van der Waals surface area contributed by atoms with Crippen LogP contribution in [0.25, 0.3) is 0 Å². The Labute approximate surface area is 118 Å². The Kier molecular flexibility index (Phi) is 5.36. The van der Waals surface area contributed by atoms with Crippen LogP contribution in [-0.4, -0.2) is 37.0 Å². The van der Waals surface area contributed by atoms with Gasteiger partial charge in [0.05, 0.1) is 6.10 Å². The first-order valence-electron chi connectivity index (χ1n) is 6.48. The average Bonchev–Trinajstić information content (AvgIpc) is 2.86. The lowest BCUT2D eigenvalue weighted by Gasteiger charge is -2.15. The first kappa shape index (κ1) is 14.5. The zero-order valence-electron chi connectivity index (χ0n) is 11.4. The summed E-state index contributed by atoms with van der Waals surface area (Å²) < 4.78 is 10.6. The van der Waals surface area contributed by atoms with Crippen molar-refractivity contribution < 1.29 is 14.6 Å². The molecule has 4 nitrogen and oxygen atoms in total. The number of nitrogens with one attached hydrogen (secondary N) is 1. The molecule has 2 N–H and O–H groups in total. The smallest absolute Gasteiger partial charge is 0.231 e. The van der Waals surface area contributed by atoms with Gasteiger partial charge in [0.25, 0.3) is 0 Å². The Hall–Kier alpha value is -0.910. The van der Waals surface area contributed by atoms with Crippen LogP contribution >= 0.6 is 11.8 Å². The molecular weight excluding hydrogens is 262 g/mol. The molecular formula is C14H21NO3S. The monoisotopic (exact) mass is 283 g/mol. The van der Waals surface area contributed by atoms with Crippen molar-refractivity contribution in [3.8, 4) is 11.5 Å². The van der Waals surface area contributed by atoms with E-state index < -0.39 is 6.10 Å². The van der Waals surface area contributed by atoms with Gasteiger partial charge in [-0.2, -0.15) is 11.8 Å². The van der Waals surface area contributed by atoms with Crippen LogP contribution in [0.15, 0.2) is 18.2 Å². The van der Waals surface area contributed by atoms with Gasteiger partial charge in [-0.3, -0.25) is 0 Å². The fourth-order valence-corrected chi connectivity index (χ4v) is 2.74. The van der Waals surface area contributed by atoms with Gasteiger partial charge in [-0.05, 0) is 42.2 Å². The van der Waals surface area contributed by atoms with E-state index in [1.807, 2.05) is 30.0 Å². The first-order valence-corrected chi connectivity index (χ1v) is 7.87. The fraction of sp³-hybridized carbons (Fsp3) is 0.571. The highest BCUT2D eigenvalue weighted by Crippen LogP contribution is 2.34. The van der Waals surface area contributed by atoms with Crippen molar-refractivity contribution in [1.82, 2.24) is 5.32 Å². The first-order chi connectivity index (χ1) is 9.20. The Bertz CT molecular complexity index is 414. The maximum Gasteiger partial charge on any atom is 0.231 e. The molecule has 0 fully saturated rings. The molecule has 0 radical (unpaired) electrons. The fourth-order valence-electron chi connectivity index (χ4n) is 2.05. The van der Waals surface area contributed by atoms with Gasteiger partial charge in [0.1, 0.15) is 0 Å². The van der Waals surface area contributed by atoms with Crippen LogP contribution in [0, 0.1) is 5.92 Å². The maximum absolute atomic E-state index is 10.1. The highest BCUT2D eigenvalue weighted by atomic mass is 32.2. The normalized spacial score (nSPS) is 16.4. The number of hydrogen-bond acceptors (Lipinski definition) is 5. The van der Waals surface area contributed by atoms with Crippen molar-refractivity contribution in [2.24, 2.45) is 5.92 Å². The summed E-state index contributed by atoms with van der Waals surface area (Å²) in [6.07, 6.45) is 1.59. The topological polar surface area (TPSA) is 50.7 Å². The molecule has 0 aromatic heterocycles. The second-order valence-electron chi connectivity index (χ2n) is 4.85. The van der Waals surface area contributed by atoms with Crippen molar-refractivity contribution in [3.05, 3.63) is 23.8 Å². The van der Waals surface area contributed by atoms with Crippen LogP contribution in [0.4, 0.5) is 0 Å². The molecule has 0 amide bonds. The van der Waals surface area contributed by atoms with E-state index in [0.29, 0.717) is 18.2 Å². The predicted octanol–water partition coefficient (Wildman–Crippen LogP) is 2.04. The van der Waals surface area contributed by atoms with E-state index in [2.05, 4.69) is 18.5 Å². The summed E-state index contributed by atoms with van der Waals surface area (Å²) in [7, 11) is 0. The standard InChI is InChI=1S/C14H21NO3S/c1-10(8-19-2)6-15-7-12(16)11-3-4-13-14(5-11)18-9-17-13/h3-5,10,12,15-16H,6-9H2,1-2H3.